The molecule has 2 aromatic rings. The minimum absolute atomic E-state index is 0.276. The van der Waals surface area contributed by atoms with Crippen molar-refractivity contribution in [2.45, 2.75) is 18.9 Å². The topological polar surface area (TPSA) is 56.7 Å². The van der Waals surface area contributed by atoms with Gasteiger partial charge < -0.3 is 5.73 Å². The van der Waals surface area contributed by atoms with Gasteiger partial charge in [-0.3, -0.25) is 4.68 Å². The molecule has 1 unspecified atom stereocenters. The van der Waals surface area contributed by atoms with Crippen molar-refractivity contribution in [1.82, 2.24) is 15.0 Å². The van der Waals surface area contributed by atoms with E-state index in [1.165, 1.54) is 12.1 Å². The number of benzene rings is 1. The Balaban J connectivity index is 2.00. The van der Waals surface area contributed by atoms with Gasteiger partial charge in [0.15, 0.2) is 0 Å². The molecule has 1 aromatic heterocycles. The first-order valence-electron chi connectivity index (χ1n) is 5.59. The van der Waals surface area contributed by atoms with Crippen LogP contribution in [0.3, 0.4) is 0 Å². The van der Waals surface area contributed by atoms with Gasteiger partial charge in [-0.1, -0.05) is 11.3 Å². The molecule has 1 heterocycles. The highest BCUT2D eigenvalue weighted by Crippen LogP contribution is 2.12. The summed E-state index contributed by atoms with van der Waals surface area (Å²) in [5.41, 5.74) is 7.08. The van der Waals surface area contributed by atoms with Crippen LogP contribution in [-0.2, 0) is 19.9 Å². The van der Waals surface area contributed by atoms with E-state index in [4.69, 9.17) is 5.73 Å². The smallest absolute Gasteiger partial charge is 0.129 e. The summed E-state index contributed by atoms with van der Waals surface area (Å²) >= 11 is 0. The Morgan fingerprint density at radius 2 is 2.11 bits per heavy atom. The van der Waals surface area contributed by atoms with Gasteiger partial charge in [-0.2, -0.15) is 0 Å². The molecule has 0 saturated heterocycles. The molecule has 0 saturated carbocycles. The van der Waals surface area contributed by atoms with Crippen molar-refractivity contribution in [1.29, 1.82) is 0 Å². The third-order valence-electron chi connectivity index (χ3n) is 2.62. The number of nitrogens with zero attached hydrogens (tertiary/aromatic N) is 3. The fourth-order valence-electron chi connectivity index (χ4n) is 1.80. The van der Waals surface area contributed by atoms with Crippen LogP contribution in [-0.4, -0.2) is 21.0 Å². The summed E-state index contributed by atoms with van der Waals surface area (Å²) in [6, 6.07) is 3.24. The lowest BCUT2D eigenvalue weighted by Crippen LogP contribution is -2.26. The van der Waals surface area contributed by atoms with E-state index in [1.54, 1.807) is 17.9 Å². The molecule has 2 N–H and O–H groups in total. The van der Waals surface area contributed by atoms with E-state index in [0.717, 1.165) is 11.8 Å². The maximum Gasteiger partial charge on any atom is 0.129 e. The van der Waals surface area contributed by atoms with Crippen molar-refractivity contribution in [3.8, 4) is 0 Å². The minimum Gasteiger partial charge on any atom is -0.327 e. The summed E-state index contributed by atoms with van der Waals surface area (Å²) in [6.45, 7) is 0. The summed E-state index contributed by atoms with van der Waals surface area (Å²) in [7, 11) is 1.77. The lowest BCUT2D eigenvalue weighted by molar-refractivity contribution is 0.557. The van der Waals surface area contributed by atoms with Crippen LogP contribution in [0.25, 0.3) is 0 Å². The number of nitrogens with two attached hydrogens (primary N) is 1. The molecule has 1 atom stereocenters. The van der Waals surface area contributed by atoms with Gasteiger partial charge >= 0.3 is 0 Å². The van der Waals surface area contributed by atoms with E-state index >= 15 is 0 Å². The highest BCUT2D eigenvalue weighted by molar-refractivity contribution is 5.20. The summed E-state index contributed by atoms with van der Waals surface area (Å²) in [6.07, 6.45) is 2.61. The molecular formula is C12H14F2N4. The standard InChI is InChI=1S/C12H14F2N4/c1-18-7-11(16-17-18)6-10(15)4-8-2-3-9(13)5-12(8)14/h2-3,5,7,10H,4,6,15H2,1H3. The van der Waals surface area contributed by atoms with Crippen LogP contribution in [0.1, 0.15) is 11.3 Å². The van der Waals surface area contributed by atoms with Crippen molar-refractivity contribution >= 4 is 0 Å². The van der Waals surface area contributed by atoms with Crippen molar-refractivity contribution in [3.05, 3.63) is 47.3 Å². The summed E-state index contributed by atoms with van der Waals surface area (Å²) in [4.78, 5) is 0. The number of rotatable bonds is 4. The SMILES string of the molecule is Cn1cc(CC(N)Cc2ccc(F)cc2F)nn1. The number of hydrogen-bond acceptors (Lipinski definition) is 3. The number of aromatic nitrogens is 3. The minimum atomic E-state index is -0.584. The predicted molar refractivity (Wildman–Crippen MR) is 62.7 cm³/mol. The van der Waals surface area contributed by atoms with E-state index in [2.05, 4.69) is 10.3 Å². The van der Waals surface area contributed by atoms with Crippen LogP contribution in [0.4, 0.5) is 8.78 Å². The molecule has 0 spiro atoms. The lowest BCUT2D eigenvalue weighted by Gasteiger charge is -2.10. The Labute approximate surface area is 103 Å². The van der Waals surface area contributed by atoms with Gasteiger partial charge in [0.1, 0.15) is 11.6 Å². The molecule has 0 aliphatic heterocycles. The first-order chi connectivity index (χ1) is 8.54. The molecule has 6 heteroatoms. The van der Waals surface area contributed by atoms with Crippen LogP contribution in [0, 0.1) is 11.6 Å². The highest BCUT2D eigenvalue weighted by Gasteiger charge is 2.11. The van der Waals surface area contributed by atoms with E-state index in [0.29, 0.717) is 18.4 Å². The maximum absolute atomic E-state index is 13.4. The van der Waals surface area contributed by atoms with E-state index < -0.39 is 11.6 Å². The maximum atomic E-state index is 13.4. The zero-order chi connectivity index (χ0) is 13.1. The Morgan fingerprint density at radius 1 is 1.33 bits per heavy atom. The summed E-state index contributed by atoms with van der Waals surface area (Å²) in [5, 5.41) is 7.71. The van der Waals surface area contributed by atoms with Crippen molar-refractivity contribution in [2.24, 2.45) is 12.8 Å². The zero-order valence-electron chi connectivity index (χ0n) is 9.98. The average molecular weight is 252 g/mol. The first kappa shape index (κ1) is 12.6. The molecule has 1 aromatic carbocycles. The largest absolute Gasteiger partial charge is 0.327 e. The Kier molecular flexibility index (Phi) is 3.66. The van der Waals surface area contributed by atoms with Crippen LogP contribution < -0.4 is 5.73 Å². The van der Waals surface area contributed by atoms with Crippen LogP contribution in [0.5, 0.6) is 0 Å². The molecule has 0 radical (unpaired) electrons. The average Bonchev–Trinajstić information content (AvgIpc) is 2.68. The van der Waals surface area contributed by atoms with E-state index in [1.807, 2.05) is 0 Å². The van der Waals surface area contributed by atoms with Crippen LogP contribution in [0.15, 0.2) is 24.4 Å². The van der Waals surface area contributed by atoms with Crippen molar-refractivity contribution < 1.29 is 8.78 Å². The van der Waals surface area contributed by atoms with Gasteiger partial charge in [0.05, 0.1) is 5.69 Å². The monoisotopic (exact) mass is 252 g/mol. The van der Waals surface area contributed by atoms with Gasteiger partial charge in [0.25, 0.3) is 0 Å². The molecular weight excluding hydrogens is 238 g/mol. The second-order valence-corrected chi connectivity index (χ2v) is 4.29. The van der Waals surface area contributed by atoms with Crippen LogP contribution >= 0.6 is 0 Å². The highest BCUT2D eigenvalue weighted by atomic mass is 19.1. The van der Waals surface area contributed by atoms with Crippen molar-refractivity contribution in [2.75, 3.05) is 0 Å². The normalized spacial score (nSPS) is 12.7. The molecule has 96 valence electrons. The predicted octanol–water partition coefficient (Wildman–Crippen LogP) is 1.21. The molecule has 0 aliphatic carbocycles. The molecule has 2 rings (SSSR count). The van der Waals surface area contributed by atoms with E-state index in [-0.39, 0.29) is 6.04 Å². The molecule has 0 amide bonds. The number of hydrogen-bond donors (Lipinski definition) is 1. The van der Waals surface area contributed by atoms with Gasteiger partial charge in [-0.25, -0.2) is 8.78 Å². The third-order valence-corrected chi connectivity index (χ3v) is 2.62. The fraction of sp³-hybridized carbons (Fsp3) is 0.333. The first-order valence-corrected chi connectivity index (χ1v) is 5.59. The number of aryl methyl sites for hydroxylation is 1. The zero-order valence-corrected chi connectivity index (χ0v) is 9.98. The molecule has 0 aliphatic rings. The second-order valence-electron chi connectivity index (χ2n) is 4.29. The lowest BCUT2D eigenvalue weighted by atomic mass is 10.0. The number of halogens is 2. The summed E-state index contributed by atoms with van der Waals surface area (Å²) in [5.74, 6) is -1.15. The Hall–Kier alpha value is -1.82. The Morgan fingerprint density at radius 3 is 2.72 bits per heavy atom. The van der Waals surface area contributed by atoms with Gasteiger partial charge in [0, 0.05) is 31.8 Å². The molecule has 4 nitrogen and oxygen atoms in total. The third kappa shape index (κ3) is 3.10. The molecule has 0 fully saturated rings. The molecule has 0 bridgehead atoms. The Bertz CT molecular complexity index is 539. The molecule has 18 heavy (non-hydrogen) atoms. The quantitative estimate of drug-likeness (QED) is 0.889. The summed E-state index contributed by atoms with van der Waals surface area (Å²) < 4.78 is 27.8. The van der Waals surface area contributed by atoms with E-state index in [9.17, 15) is 8.78 Å². The van der Waals surface area contributed by atoms with Crippen LogP contribution in [0.2, 0.25) is 0 Å². The fourth-order valence-corrected chi connectivity index (χ4v) is 1.80. The van der Waals surface area contributed by atoms with Crippen molar-refractivity contribution in [3.63, 3.8) is 0 Å². The van der Waals surface area contributed by atoms with Gasteiger partial charge in [-0.15, -0.1) is 5.10 Å². The van der Waals surface area contributed by atoms with Gasteiger partial charge in [-0.05, 0) is 18.1 Å². The van der Waals surface area contributed by atoms with Gasteiger partial charge in [0.2, 0.25) is 0 Å². The second kappa shape index (κ2) is 5.22.